The van der Waals surface area contributed by atoms with Gasteiger partial charge in [0.2, 0.25) is 15.9 Å². The Hall–Kier alpha value is -1.47. The van der Waals surface area contributed by atoms with Gasteiger partial charge in [0.25, 0.3) is 0 Å². The van der Waals surface area contributed by atoms with Crippen LogP contribution in [0.3, 0.4) is 0 Å². The Morgan fingerprint density at radius 1 is 1.04 bits per heavy atom. The monoisotopic (exact) mass is 434 g/mol. The van der Waals surface area contributed by atoms with Gasteiger partial charge >= 0.3 is 0 Å². The fourth-order valence-corrected chi connectivity index (χ4v) is 4.36. The van der Waals surface area contributed by atoms with Crippen LogP contribution in [0, 0.1) is 0 Å². The number of hydrogen-bond acceptors (Lipinski definition) is 3. The third kappa shape index (κ3) is 5.27. The third-order valence-corrected chi connectivity index (χ3v) is 5.41. The molecule has 0 spiro atoms. The molecule has 26 heavy (non-hydrogen) atoms. The smallest absolute Gasteiger partial charge is 0.248 e. The van der Waals surface area contributed by atoms with Gasteiger partial charge in [0.1, 0.15) is 6.04 Å². The van der Waals surface area contributed by atoms with Crippen molar-refractivity contribution in [2.75, 3.05) is 15.9 Å². The van der Waals surface area contributed by atoms with Gasteiger partial charge in [-0.15, -0.1) is 0 Å². The maximum Gasteiger partial charge on any atom is 0.248 e. The minimum Gasteiger partial charge on any atom is -0.324 e. The number of amides is 1. The standard InChI is InChI=1S/C17H17Cl3N2O3S/c1-3-16(17(23)21-14-9-12(19)8-13(20)10-14)22(26(2,24)25)15-6-4-11(18)5-7-15/h4-10,16H,3H2,1-2H3,(H,21,23)/t16-/m1/s1. The lowest BCUT2D eigenvalue weighted by molar-refractivity contribution is -0.117. The number of carbonyl (C=O) groups is 1. The minimum atomic E-state index is -3.72. The molecule has 0 saturated heterocycles. The van der Waals surface area contributed by atoms with Gasteiger partial charge in [-0.1, -0.05) is 41.7 Å². The van der Waals surface area contributed by atoms with E-state index in [4.69, 9.17) is 34.8 Å². The molecule has 0 aliphatic carbocycles. The molecule has 0 saturated carbocycles. The summed E-state index contributed by atoms with van der Waals surface area (Å²) in [7, 11) is -3.72. The molecule has 0 aliphatic rings. The lowest BCUT2D eigenvalue weighted by Gasteiger charge is -2.30. The van der Waals surface area contributed by atoms with Crippen LogP contribution < -0.4 is 9.62 Å². The molecule has 1 atom stereocenters. The normalized spacial score (nSPS) is 12.5. The van der Waals surface area contributed by atoms with Crippen LogP contribution in [-0.4, -0.2) is 26.6 Å². The van der Waals surface area contributed by atoms with Crippen molar-refractivity contribution in [3.05, 3.63) is 57.5 Å². The van der Waals surface area contributed by atoms with E-state index in [-0.39, 0.29) is 6.42 Å². The summed E-state index contributed by atoms with van der Waals surface area (Å²) in [6.45, 7) is 1.73. The van der Waals surface area contributed by atoms with E-state index in [1.807, 2.05) is 0 Å². The Bertz CT molecular complexity index is 882. The first-order valence-corrected chi connectivity index (χ1v) is 10.6. The number of benzene rings is 2. The highest BCUT2D eigenvalue weighted by Crippen LogP contribution is 2.26. The molecule has 0 unspecified atom stereocenters. The molecule has 2 aromatic carbocycles. The molecular weight excluding hydrogens is 419 g/mol. The lowest BCUT2D eigenvalue weighted by Crippen LogP contribution is -2.47. The highest BCUT2D eigenvalue weighted by Gasteiger charge is 2.31. The molecule has 0 aliphatic heterocycles. The highest BCUT2D eigenvalue weighted by molar-refractivity contribution is 7.92. The Morgan fingerprint density at radius 2 is 1.58 bits per heavy atom. The van der Waals surface area contributed by atoms with Crippen molar-refractivity contribution >= 4 is 62.1 Å². The van der Waals surface area contributed by atoms with Gasteiger partial charge in [-0.2, -0.15) is 0 Å². The molecule has 2 rings (SSSR count). The van der Waals surface area contributed by atoms with Crippen LogP contribution in [0.15, 0.2) is 42.5 Å². The number of sulfonamides is 1. The molecule has 5 nitrogen and oxygen atoms in total. The molecular formula is C17H17Cl3N2O3S. The van der Waals surface area contributed by atoms with Crippen molar-refractivity contribution in [1.29, 1.82) is 0 Å². The fourth-order valence-electron chi connectivity index (χ4n) is 2.50. The van der Waals surface area contributed by atoms with E-state index in [2.05, 4.69) is 5.32 Å². The summed E-state index contributed by atoms with van der Waals surface area (Å²) < 4.78 is 25.8. The Balaban J connectivity index is 2.37. The zero-order valence-corrected chi connectivity index (χ0v) is 17.1. The summed E-state index contributed by atoms with van der Waals surface area (Å²) in [5, 5.41) is 3.85. The van der Waals surface area contributed by atoms with Crippen molar-refractivity contribution in [1.82, 2.24) is 0 Å². The van der Waals surface area contributed by atoms with Crippen LogP contribution in [0.4, 0.5) is 11.4 Å². The fraction of sp³-hybridized carbons (Fsp3) is 0.235. The molecule has 0 bridgehead atoms. The second-order valence-electron chi connectivity index (χ2n) is 5.61. The molecule has 0 fully saturated rings. The number of nitrogens with zero attached hydrogens (tertiary/aromatic N) is 1. The van der Waals surface area contributed by atoms with Crippen LogP contribution in [0.25, 0.3) is 0 Å². The van der Waals surface area contributed by atoms with E-state index in [9.17, 15) is 13.2 Å². The van der Waals surface area contributed by atoms with Gasteiger partial charge < -0.3 is 5.32 Å². The number of hydrogen-bond donors (Lipinski definition) is 1. The maximum atomic E-state index is 12.8. The van der Waals surface area contributed by atoms with E-state index in [0.29, 0.717) is 26.4 Å². The van der Waals surface area contributed by atoms with Gasteiger partial charge in [-0.3, -0.25) is 9.10 Å². The highest BCUT2D eigenvalue weighted by atomic mass is 35.5. The second kappa shape index (κ2) is 8.48. The quantitative estimate of drug-likeness (QED) is 0.706. The molecule has 0 radical (unpaired) electrons. The minimum absolute atomic E-state index is 0.260. The van der Waals surface area contributed by atoms with Crippen LogP contribution in [-0.2, 0) is 14.8 Å². The summed E-state index contributed by atoms with van der Waals surface area (Å²) in [5.41, 5.74) is 0.735. The zero-order chi connectivity index (χ0) is 19.5. The zero-order valence-electron chi connectivity index (χ0n) is 14.0. The first-order chi connectivity index (χ1) is 12.1. The SMILES string of the molecule is CC[C@H](C(=O)Nc1cc(Cl)cc(Cl)c1)N(c1ccc(Cl)cc1)S(C)(=O)=O. The van der Waals surface area contributed by atoms with Gasteiger partial charge in [0, 0.05) is 20.8 Å². The molecule has 2 aromatic rings. The van der Waals surface area contributed by atoms with E-state index < -0.39 is 22.0 Å². The molecule has 1 N–H and O–H groups in total. The van der Waals surface area contributed by atoms with Crippen molar-refractivity contribution < 1.29 is 13.2 Å². The molecule has 0 heterocycles. The van der Waals surface area contributed by atoms with Crippen molar-refractivity contribution in [3.63, 3.8) is 0 Å². The predicted octanol–water partition coefficient (Wildman–Crippen LogP) is 4.83. The first kappa shape index (κ1) is 20.8. The van der Waals surface area contributed by atoms with Crippen molar-refractivity contribution in [3.8, 4) is 0 Å². The maximum absolute atomic E-state index is 12.8. The summed E-state index contributed by atoms with van der Waals surface area (Å²) in [6.07, 6.45) is 1.31. The topological polar surface area (TPSA) is 66.5 Å². The van der Waals surface area contributed by atoms with Gasteiger partial charge in [-0.25, -0.2) is 8.42 Å². The molecule has 140 valence electrons. The average molecular weight is 436 g/mol. The van der Waals surface area contributed by atoms with Gasteiger partial charge in [0.15, 0.2) is 0 Å². The molecule has 9 heteroatoms. The Kier molecular flexibility index (Phi) is 6.80. The molecule has 1 amide bonds. The summed E-state index contributed by atoms with van der Waals surface area (Å²) in [5.74, 6) is -0.494. The van der Waals surface area contributed by atoms with Crippen molar-refractivity contribution in [2.24, 2.45) is 0 Å². The van der Waals surface area contributed by atoms with Gasteiger partial charge in [-0.05, 0) is 48.9 Å². The second-order valence-corrected chi connectivity index (χ2v) is 8.78. The van der Waals surface area contributed by atoms with E-state index in [0.717, 1.165) is 10.6 Å². The molecule has 0 aromatic heterocycles. The lowest BCUT2D eigenvalue weighted by atomic mass is 10.2. The number of anilines is 2. The number of halogens is 3. The average Bonchev–Trinajstić information content (AvgIpc) is 2.51. The van der Waals surface area contributed by atoms with Gasteiger partial charge in [0.05, 0.1) is 11.9 Å². The number of rotatable bonds is 6. The summed E-state index contributed by atoms with van der Waals surface area (Å²) in [6, 6.07) is 9.88. The summed E-state index contributed by atoms with van der Waals surface area (Å²) in [4.78, 5) is 12.8. The van der Waals surface area contributed by atoms with E-state index in [1.165, 1.54) is 18.2 Å². The van der Waals surface area contributed by atoms with Crippen molar-refractivity contribution in [2.45, 2.75) is 19.4 Å². The predicted molar refractivity (Wildman–Crippen MR) is 108 cm³/mol. The van der Waals surface area contributed by atoms with Crippen LogP contribution >= 0.6 is 34.8 Å². The first-order valence-electron chi connectivity index (χ1n) is 7.63. The van der Waals surface area contributed by atoms with Crippen LogP contribution in [0.1, 0.15) is 13.3 Å². The van der Waals surface area contributed by atoms with E-state index >= 15 is 0 Å². The Morgan fingerprint density at radius 3 is 2.04 bits per heavy atom. The van der Waals surface area contributed by atoms with Crippen LogP contribution in [0.2, 0.25) is 15.1 Å². The summed E-state index contributed by atoms with van der Waals surface area (Å²) >= 11 is 17.7. The number of carbonyl (C=O) groups excluding carboxylic acids is 1. The Labute approximate surface area is 167 Å². The largest absolute Gasteiger partial charge is 0.324 e. The third-order valence-electron chi connectivity index (χ3n) is 3.54. The van der Waals surface area contributed by atoms with Crippen LogP contribution in [0.5, 0.6) is 0 Å². The van der Waals surface area contributed by atoms with E-state index in [1.54, 1.807) is 31.2 Å². The number of nitrogens with one attached hydrogen (secondary N) is 1.